The van der Waals surface area contributed by atoms with Crippen molar-refractivity contribution in [2.75, 3.05) is 18.9 Å². The molecule has 0 bridgehead atoms. The first-order valence-corrected chi connectivity index (χ1v) is 2.89. The number of hydrogen-bond acceptors (Lipinski definition) is 3. The molecule has 1 aromatic rings. The zero-order valence-corrected chi connectivity index (χ0v) is 5.43. The van der Waals surface area contributed by atoms with Crippen LogP contribution in [0.5, 0.6) is 0 Å². The van der Waals surface area contributed by atoms with Crippen LogP contribution >= 0.6 is 0 Å². The highest BCUT2D eigenvalue weighted by Gasteiger charge is 2.20. The summed E-state index contributed by atoms with van der Waals surface area (Å²) in [6, 6.07) is -1.26. The number of aromatic nitrogens is 1. The van der Waals surface area contributed by atoms with E-state index >= 15 is 0 Å². The van der Waals surface area contributed by atoms with E-state index in [-0.39, 0.29) is 0 Å². The first-order valence-electron chi connectivity index (χ1n) is 6.89. The second kappa shape index (κ2) is 2.51. The Labute approximate surface area is 76.4 Å². The molecule has 11 heavy (non-hydrogen) atoms. The van der Waals surface area contributed by atoms with Crippen LogP contribution in [0.15, 0.2) is 18.3 Å². The molecule has 3 nitrogen and oxygen atoms in total. The van der Waals surface area contributed by atoms with Gasteiger partial charge in [0.05, 0.1) is 22.7 Å². The van der Waals surface area contributed by atoms with Gasteiger partial charge < -0.3 is 10.5 Å². The molecule has 0 radical (unpaired) electrons. The Kier molecular flexibility index (Phi) is 0.502. The lowest BCUT2D eigenvalue weighted by Crippen LogP contribution is -2.25. The van der Waals surface area contributed by atoms with E-state index in [4.69, 9.17) is 16.7 Å². The predicted octanol–water partition coefficient (Wildman–Crippen LogP) is 0.778. The van der Waals surface area contributed by atoms with E-state index in [1.807, 2.05) is 0 Å². The van der Waals surface area contributed by atoms with Gasteiger partial charge in [-0.1, -0.05) is 6.04 Å². The highest BCUT2D eigenvalue weighted by atomic mass is 16.5. The van der Waals surface area contributed by atoms with Gasteiger partial charge in [-0.25, -0.2) is 4.98 Å². The Balaban J connectivity index is 2.75. The summed E-state index contributed by atoms with van der Waals surface area (Å²) in [5.74, 6) is -3.05. The van der Waals surface area contributed by atoms with Crippen molar-refractivity contribution in [3.05, 3.63) is 23.8 Å². The average molecular weight is 158 g/mol. The fraction of sp³-hybridized carbons (Fsp3) is 0.375. The summed E-state index contributed by atoms with van der Waals surface area (Å²) in [6.07, 6.45) is -0.704. The third kappa shape index (κ3) is 1.19. The fourth-order valence-corrected chi connectivity index (χ4v) is 0.621. The smallest absolute Gasteiger partial charge is 0.123 e. The van der Waals surface area contributed by atoms with Gasteiger partial charge in [0.2, 0.25) is 0 Å². The van der Waals surface area contributed by atoms with Crippen molar-refractivity contribution in [2.45, 2.75) is 5.89 Å². The van der Waals surface area contributed by atoms with Gasteiger partial charge in [-0.15, -0.1) is 0 Å². The molecule has 2 heterocycles. The van der Waals surface area contributed by atoms with Crippen molar-refractivity contribution in [1.29, 1.82) is 0 Å². The number of anilines is 1. The molecule has 0 atom stereocenters. The van der Waals surface area contributed by atoms with E-state index in [2.05, 4.69) is 9.72 Å². The molecule has 0 saturated carbocycles. The minimum absolute atomic E-state index is 0.399. The average Bonchev–Trinajstić information content (AvgIpc) is 2.24. The van der Waals surface area contributed by atoms with E-state index in [9.17, 15) is 0 Å². The Hall–Kier alpha value is -1.09. The molecule has 3 heteroatoms. The molecule has 0 unspecified atom stereocenters. The summed E-state index contributed by atoms with van der Waals surface area (Å²) in [5, 5.41) is 0. The monoisotopic (exact) mass is 158 g/mol. The zero-order chi connectivity index (χ0) is 14.8. The molecule has 0 spiro atoms. The summed E-state index contributed by atoms with van der Waals surface area (Å²) in [6.45, 7) is -5.46. The van der Waals surface area contributed by atoms with Crippen LogP contribution in [0.2, 0.25) is 0 Å². The van der Waals surface area contributed by atoms with E-state index < -0.39 is 48.7 Å². The maximum Gasteiger partial charge on any atom is 0.123 e. The van der Waals surface area contributed by atoms with Gasteiger partial charge in [0.25, 0.3) is 0 Å². The van der Waals surface area contributed by atoms with Crippen LogP contribution < -0.4 is 5.73 Å². The fourth-order valence-electron chi connectivity index (χ4n) is 0.621. The second-order valence-corrected chi connectivity index (χ2v) is 1.92. The molecular weight excluding hydrogens is 140 g/mol. The number of nitrogens with zero attached hydrogens (tertiary/aromatic N) is 1. The van der Waals surface area contributed by atoms with Crippen LogP contribution in [0.4, 0.5) is 5.82 Å². The summed E-state index contributed by atoms with van der Waals surface area (Å²) < 4.78 is 65.0. The molecule has 1 aromatic heterocycles. The summed E-state index contributed by atoms with van der Waals surface area (Å²) in [4.78, 5) is 3.44. The molecule has 1 aliphatic rings. The maximum absolute atomic E-state index is 7.98. The highest BCUT2D eigenvalue weighted by Crippen LogP contribution is 2.23. The second-order valence-electron chi connectivity index (χ2n) is 1.92. The van der Waals surface area contributed by atoms with Crippen molar-refractivity contribution in [3.8, 4) is 0 Å². The van der Waals surface area contributed by atoms with Gasteiger partial charge in [-0.05, 0) is 11.6 Å². The lowest BCUT2D eigenvalue weighted by atomic mass is 10.00. The van der Waals surface area contributed by atoms with Gasteiger partial charge >= 0.3 is 0 Å². The third-order valence-corrected chi connectivity index (χ3v) is 1.16. The van der Waals surface area contributed by atoms with Crippen LogP contribution in [0, 0.1) is 0 Å². The van der Waals surface area contributed by atoms with Crippen LogP contribution in [-0.2, 0) is 4.74 Å². The zero-order valence-electron chi connectivity index (χ0n) is 13.4. The predicted molar refractivity (Wildman–Crippen MR) is 42.2 cm³/mol. The largest absolute Gasteiger partial charge is 0.384 e. The Morgan fingerprint density at radius 1 is 1.82 bits per heavy atom. The molecule has 58 valence electrons. The Morgan fingerprint density at radius 2 is 2.64 bits per heavy atom. The van der Waals surface area contributed by atoms with Gasteiger partial charge in [0, 0.05) is 13.4 Å². The van der Waals surface area contributed by atoms with Gasteiger partial charge in [0.1, 0.15) is 5.82 Å². The Morgan fingerprint density at radius 3 is 3.36 bits per heavy atom. The van der Waals surface area contributed by atoms with Crippen molar-refractivity contribution in [3.63, 3.8) is 0 Å². The van der Waals surface area contributed by atoms with E-state index in [1.165, 1.54) is 0 Å². The normalized spacial score (nSPS) is 40.4. The SMILES string of the molecule is [2H]c1nc(N)c([2H])c([2H])c1C1([2H])C([2H])([2H])OC1([2H])[2H]. The number of pyridine rings is 1. The summed E-state index contributed by atoms with van der Waals surface area (Å²) in [5.41, 5.74) is 4.66. The quantitative estimate of drug-likeness (QED) is 0.657. The Bertz CT molecular complexity index is 546. The van der Waals surface area contributed by atoms with Gasteiger partial charge in [0.15, 0.2) is 0 Å². The lowest BCUT2D eigenvalue weighted by molar-refractivity contribution is 0.00830. The number of nitrogen functional groups attached to an aromatic ring is 1. The maximum atomic E-state index is 7.98. The molecule has 0 aliphatic carbocycles. The topological polar surface area (TPSA) is 48.1 Å². The molecule has 2 N–H and O–H groups in total. The van der Waals surface area contributed by atoms with Crippen LogP contribution in [0.1, 0.15) is 22.4 Å². The van der Waals surface area contributed by atoms with Crippen molar-refractivity contribution >= 4 is 5.82 Å². The van der Waals surface area contributed by atoms with Crippen LogP contribution in [-0.4, -0.2) is 18.1 Å². The molecule has 1 fully saturated rings. The van der Waals surface area contributed by atoms with E-state index in [0.717, 1.165) is 0 Å². The molecular formula is C8H10N2O. The first-order chi connectivity index (χ1) is 8.46. The molecule has 2 rings (SSSR count). The number of nitrogens with two attached hydrogens (primary N) is 1. The van der Waals surface area contributed by atoms with Crippen LogP contribution in [0.3, 0.4) is 0 Å². The number of ether oxygens (including phenoxy) is 1. The van der Waals surface area contributed by atoms with Crippen molar-refractivity contribution in [1.82, 2.24) is 4.98 Å². The standard InChI is InChI=1S/C8H10N2O/c9-8-2-1-6(3-10-8)7-4-11-5-7/h1-3,7H,4-5H2,(H2,9,10)/i1D,2D,3D,4D2,5D2,7D. The lowest BCUT2D eigenvalue weighted by Gasteiger charge is -2.25. The molecule has 1 aliphatic heterocycles. The van der Waals surface area contributed by atoms with E-state index in [0.29, 0.717) is 0 Å². The van der Waals surface area contributed by atoms with Crippen molar-refractivity contribution < 1.29 is 15.7 Å². The molecule has 1 saturated heterocycles. The number of hydrogen-bond donors (Lipinski definition) is 1. The molecule has 0 amide bonds. The van der Waals surface area contributed by atoms with Gasteiger partial charge in [-0.2, -0.15) is 0 Å². The van der Waals surface area contributed by atoms with Crippen LogP contribution in [0.25, 0.3) is 0 Å². The minimum Gasteiger partial charge on any atom is -0.384 e. The number of rotatable bonds is 1. The summed E-state index contributed by atoms with van der Waals surface area (Å²) >= 11 is 0. The molecule has 0 aromatic carbocycles. The highest BCUT2D eigenvalue weighted by molar-refractivity contribution is 5.31. The first kappa shape index (κ1) is 2.20. The van der Waals surface area contributed by atoms with Gasteiger partial charge in [-0.3, -0.25) is 0 Å². The summed E-state index contributed by atoms with van der Waals surface area (Å²) in [7, 11) is 0. The minimum atomic E-state index is -2.73. The third-order valence-electron chi connectivity index (χ3n) is 1.16. The van der Waals surface area contributed by atoms with E-state index in [1.54, 1.807) is 0 Å². The van der Waals surface area contributed by atoms with Crippen molar-refractivity contribution in [2.24, 2.45) is 0 Å².